The average molecular weight is 386 g/mol. The van der Waals surface area contributed by atoms with Gasteiger partial charge in [-0.05, 0) is 49.4 Å². The molecule has 1 atom stereocenters. The number of hydrogen-bond acceptors (Lipinski definition) is 5. The fourth-order valence-electron chi connectivity index (χ4n) is 2.43. The maximum atomic E-state index is 12.7. The first-order valence-electron chi connectivity index (χ1n) is 8.51. The van der Waals surface area contributed by atoms with Crippen molar-refractivity contribution >= 4 is 15.7 Å². The SMILES string of the molecule is CCS(=O)(=O)CC(C)N(C)C(=O)c1cccc(Oc2ccc(C#N)cc2)c1. The van der Waals surface area contributed by atoms with Crippen molar-refractivity contribution in [2.24, 2.45) is 0 Å². The lowest BCUT2D eigenvalue weighted by molar-refractivity contribution is 0.0756. The Hall–Kier alpha value is -2.85. The van der Waals surface area contributed by atoms with Crippen molar-refractivity contribution in [2.45, 2.75) is 19.9 Å². The van der Waals surface area contributed by atoms with Crippen LogP contribution in [0.2, 0.25) is 0 Å². The number of nitriles is 1. The van der Waals surface area contributed by atoms with Gasteiger partial charge in [0.1, 0.15) is 11.5 Å². The molecule has 0 aliphatic heterocycles. The maximum Gasteiger partial charge on any atom is 0.254 e. The minimum atomic E-state index is -3.18. The minimum absolute atomic E-state index is 0.0489. The smallest absolute Gasteiger partial charge is 0.254 e. The predicted molar refractivity (Wildman–Crippen MR) is 104 cm³/mol. The van der Waals surface area contributed by atoms with Crippen molar-refractivity contribution in [3.05, 3.63) is 59.7 Å². The van der Waals surface area contributed by atoms with Crippen molar-refractivity contribution in [3.8, 4) is 17.6 Å². The highest BCUT2D eigenvalue weighted by atomic mass is 32.2. The van der Waals surface area contributed by atoms with Crippen LogP contribution < -0.4 is 4.74 Å². The van der Waals surface area contributed by atoms with E-state index in [1.807, 2.05) is 6.07 Å². The van der Waals surface area contributed by atoms with E-state index in [0.29, 0.717) is 22.6 Å². The number of ether oxygens (including phenoxy) is 1. The first-order chi connectivity index (χ1) is 12.8. The van der Waals surface area contributed by atoms with Crippen LogP contribution in [0.3, 0.4) is 0 Å². The normalized spacial score (nSPS) is 12.1. The molecular formula is C20H22N2O4S. The van der Waals surface area contributed by atoms with Crippen molar-refractivity contribution in [1.82, 2.24) is 4.90 Å². The van der Waals surface area contributed by atoms with Crippen LogP contribution in [0.25, 0.3) is 0 Å². The van der Waals surface area contributed by atoms with E-state index in [4.69, 9.17) is 10.00 Å². The summed E-state index contributed by atoms with van der Waals surface area (Å²) in [7, 11) is -1.59. The van der Waals surface area contributed by atoms with E-state index in [1.54, 1.807) is 69.4 Å². The van der Waals surface area contributed by atoms with E-state index in [1.165, 1.54) is 4.90 Å². The van der Waals surface area contributed by atoms with Gasteiger partial charge in [-0.15, -0.1) is 0 Å². The lowest BCUT2D eigenvalue weighted by atomic mass is 10.1. The number of nitrogens with zero attached hydrogens (tertiary/aromatic N) is 2. The van der Waals surface area contributed by atoms with Crippen LogP contribution in [-0.4, -0.2) is 43.8 Å². The van der Waals surface area contributed by atoms with Gasteiger partial charge in [0, 0.05) is 24.4 Å². The number of amides is 1. The third-order valence-electron chi connectivity index (χ3n) is 4.22. The molecule has 2 aromatic carbocycles. The summed E-state index contributed by atoms with van der Waals surface area (Å²) in [5.41, 5.74) is 0.938. The molecule has 0 bridgehead atoms. The van der Waals surface area contributed by atoms with Gasteiger partial charge < -0.3 is 9.64 Å². The summed E-state index contributed by atoms with van der Waals surface area (Å²) in [5.74, 6) is 0.724. The van der Waals surface area contributed by atoms with Crippen LogP contribution in [0.4, 0.5) is 0 Å². The lowest BCUT2D eigenvalue weighted by Crippen LogP contribution is -2.39. The first kappa shape index (κ1) is 20.5. The molecule has 0 aromatic heterocycles. The molecule has 0 heterocycles. The molecule has 1 unspecified atom stereocenters. The van der Waals surface area contributed by atoms with Crippen molar-refractivity contribution in [1.29, 1.82) is 5.26 Å². The van der Waals surface area contributed by atoms with Crippen LogP contribution >= 0.6 is 0 Å². The number of rotatable bonds is 7. The monoisotopic (exact) mass is 386 g/mol. The number of carbonyl (C=O) groups excluding carboxylic acids is 1. The lowest BCUT2D eigenvalue weighted by Gasteiger charge is -2.25. The summed E-state index contributed by atoms with van der Waals surface area (Å²) in [4.78, 5) is 14.1. The number of benzene rings is 2. The van der Waals surface area contributed by atoms with Gasteiger partial charge in [-0.1, -0.05) is 13.0 Å². The number of hydrogen-bond donors (Lipinski definition) is 0. The molecule has 6 nitrogen and oxygen atoms in total. The average Bonchev–Trinajstić information content (AvgIpc) is 2.67. The summed E-state index contributed by atoms with van der Waals surface area (Å²) >= 11 is 0. The summed E-state index contributed by atoms with van der Waals surface area (Å²) in [6, 6.07) is 14.9. The summed E-state index contributed by atoms with van der Waals surface area (Å²) in [5, 5.41) is 8.83. The molecular weight excluding hydrogens is 364 g/mol. The molecule has 2 rings (SSSR count). The molecule has 1 amide bonds. The van der Waals surface area contributed by atoms with Crippen LogP contribution in [-0.2, 0) is 9.84 Å². The highest BCUT2D eigenvalue weighted by molar-refractivity contribution is 7.91. The van der Waals surface area contributed by atoms with E-state index in [2.05, 4.69) is 0 Å². The molecule has 0 saturated heterocycles. The standard InChI is InChI=1S/C20H22N2O4S/c1-4-27(24,25)14-15(2)22(3)20(23)17-6-5-7-19(12-17)26-18-10-8-16(13-21)9-11-18/h5-12,15H,4,14H2,1-3H3. The van der Waals surface area contributed by atoms with Crippen LogP contribution in [0, 0.1) is 11.3 Å². The molecule has 0 aliphatic carbocycles. The summed E-state index contributed by atoms with van der Waals surface area (Å²) in [6.07, 6.45) is 0. The Bertz CT molecular complexity index is 947. The molecule has 0 spiro atoms. The highest BCUT2D eigenvalue weighted by Gasteiger charge is 2.22. The van der Waals surface area contributed by atoms with E-state index < -0.39 is 15.9 Å². The van der Waals surface area contributed by atoms with Gasteiger partial charge in [0.25, 0.3) is 5.91 Å². The minimum Gasteiger partial charge on any atom is -0.457 e. The first-order valence-corrected chi connectivity index (χ1v) is 10.3. The summed E-state index contributed by atoms with van der Waals surface area (Å²) in [6.45, 7) is 3.30. The molecule has 0 saturated carbocycles. The van der Waals surface area contributed by atoms with Gasteiger partial charge in [-0.2, -0.15) is 5.26 Å². The Labute approximate surface area is 159 Å². The molecule has 27 heavy (non-hydrogen) atoms. The summed E-state index contributed by atoms with van der Waals surface area (Å²) < 4.78 is 29.3. The van der Waals surface area contributed by atoms with E-state index in [0.717, 1.165) is 0 Å². The van der Waals surface area contributed by atoms with Gasteiger partial charge in [-0.3, -0.25) is 4.79 Å². The van der Waals surface area contributed by atoms with Crippen LogP contribution in [0.15, 0.2) is 48.5 Å². The Morgan fingerprint density at radius 3 is 2.44 bits per heavy atom. The molecule has 0 fully saturated rings. The van der Waals surface area contributed by atoms with Crippen LogP contribution in [0.1, 0.15) is 29.8 Å². The second-order valence-electron chi connectivity index (χ2n) is 6.23. The van der Waals surface area contributed by atoms with Crippen molar-refractivity contribution in [3.63, 3.8) is 0 Å². The van der Waals surface area contributed by atoms with E-state index >= 15 is 0 Å². The zero-order valence-corrected chi connectivity index (χ0v) is 16.4. The molecule has 2 aromatic rings. The molecule has 0 aliphatic rings. The molecule has 0 radical (unpaired) electrons. The second-order valence-corrected chi connectivity index (χ2v) is 8.63. The Balaban J connectivity index is 2.13. The Kier molecular flexibility index (Phi) is 6.59. The van der Waals surface area contributed by atoms with Gasteiger partial charge in [0.2, 0.25) is 0 Å². The highest BCUT2D eigenvalue weighted by Crippen LogP contribution is 2.23. The van der Waals surface area contributed by atoms with Crippen molar-refractivity contribution in [2.75, 3.05) is 18.6 Å². The Morgan fingerprint density at radius 1 is 1.19 bits per heavy atom. The topological polar surface area (TPSA) is 87.5 Å². The third kappa shape index (κ3) is 5.56. The van der Waals surface area contributed by atoms with Crippen molar-refractivity contribution < 1.29 is 17.9 Å². The van der Waals surface area contributed by atoms with Gasteiger partial charge >= 0.3 is 0 Å². The Morgan fingerprint density at radius 2 is 1.85 bits per heavy atom. The largest absolute Gasteiger partial charge is 0.457 e. The zero-order chi connectivity index (χ0) is 20.0. The zero-order valence-electron chi connectivity index (χ0n) is 15.5. The van der Waals surface area contributed by atoms with Gasteiger partial charge in [0.05, 0.1) is 17.4 Å². The molecule has 0 N–H and O–H groups in total. The van der Waals surface area contributed by atoms with E-state index in [9.17, 15) is 13.2 Å². The van der Waals surface area contributed by atoms with Gasteiger partial charge in [0.15, 0.2) is 9.84 Å². The van der Waals surface area contributed by atoms with Crippen LogP contribution in [0.5, 0.6) is 11.5 Å². The number of sulfone groups is 1. The van der Waals surface area contributed by atoms with Gasteiger partial charge in [-0.25, -0.2) is 8.42 Å². The third-order valence-corrected chi connectivity index (χ3v) is 6.09. The predicted octanol–water partition coefficient (Wildman–Crippen LogP) is 3.25. The molecule has 7 heteroatoms. The fourth-order valence-corrected chi connectivity index (χ4v) is 3.62. The quantitative estimate of drug-likeness (QED) is 0.729. The fraction of sp³-hybridized carbons (Fsp3) is 0.300. The number of carbonyl (C=O) groups is 1. The second kappa shape index (κ2) is 8.69. The van der Waals surface area contributed by atoms with E-state index in [-0.39, 0.29) is 17.4 Å². The maximum absolute atomic E-state index is 12.7. The molecule has 142 valence electrons.